The number of nitrogens with zero attached hydrogens (tertiary/aromatic N) is 3. The summed E-state index contributed by atoms with van der Waals surface area (Å²) >= 11 is 0. The standard InChI is InChI=1S/C18H19N3O5/c1-12-8-9-14(15(22)10-11-16(23)26-2)21-18(25)19(17(24)20(12)21)13-6-4-3-5-7-13/h3-12,14-15,22H,1-2H3. The third-order valence-corrected chi connectivity index (χ3v) is 4.26. The molecule has 0 fully saturated rings. The van der Waals surface area contributed by atoms with E-state index in [0.29, 0.717) is 5.69 Å². The number of benzene rings is 1. The molecule has 0 spiro atoms. The van der Waals surface area contributed by atoms with E-state index < -0.39 is 29.5 Å². The molecule has 26 heavy (non-hydrogen) atoms. The molecule has 0 amide bonds. The number of fused-ring (bicyclic) bond motifs is 1. The minimum Gasteiger partial charge on any atom is -0.466 e. The summed E-state index contributed by atoms with van der Waals surface area (Å²) in [5.74, 6) is -0.621. The Bertz CT molecular complexity index is 980. The van der Waals surface area contributed by atoms with Gasteiger partial charge in [-0.25, -0.2) is 28.3 Å². The lowest BCUT2D eigenvalue weighted by atomic mass is 10.1. The first-order chi connectivity index (χ1) is 12.5. The maximum atomic E-state index is 12.9. The number of allylic oxidation sites excluding steroid dienone is 1. The van der Waals surface area contributed by atoms with Gasteiger partial charge in [-0.15, -0.1) is 0 Å². The van der Waals surface area contributed by atoms with E-state index in [1.54, 1.807) is 49.4 Å². The van der Waals surface area contributed by atoms with Gasteiger partial charge >= 0.3 is 17.3 Å². The minimum absolute atomic E-state index is 0.354. The Morgan fingerprint density at radius 3 is 2.46 bits per heavy atom. The average molecular weight is 357 g/mol. The minimum atomic E-state index is -1.19. The maximum absolute atomic E-state index is 12.9. The Hall–Kier alpha value is -3.13. The van der Waals surface area contributed by atoms with E-state index in [2.05, 4.69) is 4.74 Å². The number of hydrogen-bond donors (Lipinski definition) is 1. The van der Waals surface area contributed by atoms with E-state index in [1.807, 2.05) is 0 Å². The second-order valence-electron chi connectivity index (χ2n) is 5.91. The molecule has 8 heteroatoms. The molecule has 2 heterocycles. The van der Waals surface area contributed by atoms with Crippen molar-refractivity contribution < 1.29 is 14.6 Å². The molecule has 136 valence electrons. The number of hydrogen-bond acceptors (Lipinski definition) is 5. The fraction of sp³-hybridized carbons (Fsp3) is 0.278. The zero-order chi connectivity index (χ0) is 18.8. The van der Waals surface area contributed by atoms with Crippen LogP contribution in [-0.4, -0.2) is 38.2 Å². The Kier molecular flexibility index (Phi) is 4.77. The number of aromatic nitrogens is 3. The largest absolute Gasteiger partial charge is 0.466 e. The molecule has 0 radical (unpaired) electrons. The van der Waals surface area contributed by atoms with Crippen LogP contribution >= 0.6 is 0 Å². The predicted octanol–water partition coefficient (Wildman–Crippen LogP) is 0.563. The van der Waals surface area contributed by atoms with Crippen LogP contribution in [0, 0.1) is 0 Å². The van der Waals surface area contributed by atoms with E-state index in [4.69, 9.17) is 0 Å². The summed E-state index contributed by atoms with van der Waals surface area (Å²) in [5, 5.41) is 10.4. The lowest BCUT2D eigenvalue weighted by Gasteiger charge is -2.26. The molecule has 0 saturated heterocycles. The molecular weight excluding hydrogens is 338 g/mol. The van der Waals surface area contributed by atoms with Gasteiger partial charge in [0.05, 0.1) is 24.9 Å². The van der Waals surface area contributed by atoms with Gasteiger partial charge in [-0.05, 0) is 25.1 Å². The van der Waals surface area contributed by atoms with Crippen LogP contribution in [0.25, 0.3) is 5.69 Å². The first-order valence-electron chi connectivity index (χ1n) is 8.09. The van der Waals surface area contributed by atoms with Gasteiger partial charge in [0.2, 0.25) is 0 Å². The van der Waals surface area contributed by atoms with Crippen LogP contribution in [0.3, 0.4) is 0 Å². The van der Waals surface area contributed by atoms with Gasteiger partial charge in [-0.2, -0.15) is 0 Å². The molecule has 3 unspecified atom stereocenters. The van der Waals surface area contributed by atoms with Crippen molar-refractivity contribution in [1.29, 1.82) is 0 Å². The van der Waals surface area contributed by atoms with Crippen LogP contribution in [0.4, 0.5) is 0 Å². The van der Waals surface area contributed by atoms with E-state index in [1.165, 1.54) is 22.5 Å². The summed E-state index contributed by atoms with van der Waals surface area (Å²) < 4.78 is 8.07. The summed E-state index contributed by atoms with van der Waals surface area (Å²) in [6, 6.07) is 7.40. The van der Waals surface area contributed by atoms with E-state index in [0.717, 1.165) is 10.6 Å². The zero-order valence-corrected chi connectivity index (χ0v) is 14.4. The molecule has 0 saturated carbocycles. The van der Waals surface area contributed by atoms with E-state index in [-0.39, 0.29) is 6.04 Å². The first kappa shape index (κ1) is 17.7. The van der Waals surface area contributed by atoms with Crippen molar-refractivity contribution in [2.24, 2.45) is 0 Å². The third kappa shape index (κ3) is 2.95. The summed E-state index contributed by atoms with van der Waals surface area (Å²) in [6.07, 6.45) is 4.51. The van der Waals surface area contributed by atoms with Crippen molar-refractivity contribution >= 4 is 5.97 Å². The van der Waals surface area contributed by atoms with Crippen molar-refractivity contribution in [3.05, 3.63) is 75.6 Å². The van der Waals surface area contributed by atoms with E-state index in [9.17, 15) is 19.5 Å². The number of para-hydroxylation sites is 1. The molecule has 3 atom stereocenters. The van der Waals surface area contributed by atoms with Gasteiger partial charge in [0.25, 0.3) is 0 Å². The number of ether oxygens (including phenoxy) is 1. The van der Waals surface area contributed by atoms with Crippen LogP contribution in [0.5, 0.6) is 0 Å². The lowest BCUT2D eigenvalue weighted by molar-refractivity contribution is -0.134. The van der Waals surface area contributed by atoms with Gasteiger partial charge in [-0.1, -0.05) is 30.4 Å². The summed E-state index contributed by atoms with van der Waals surface area (Å²) in [6.45, 7) is 1.77. The number of carbonyl (C=O) groups is 1. The highest BCUT2D eigenvalue weighted by Crippen LogP contribution is 2.22. The van der Waals surface area contributed by atoms with Crippen molar-refractivity contribution in [2.75, 3.05) is 7.11 Å². The van der Waals surface area contributed by atoms with Crippen molar-refractivity contribution in [1.82, 2.24) is 13.9 Å². The number of esters is 1. The number of aliphatic hydroxyl groups is 1. The maximum Gasteiger partial charge on any atom is 0.352 e. The van der Waals surface area contributed by atoms with Gasteiger partial charge < -0.3 is 9.84 Å². The molecule has 0 aliphatic carbocycles. The van der Waals surface area contributed by atoms with Crippen molar-refractivity contribution in [3.63, 3.8) is 0 Å². The summed E-state index contributed by atoms with van der Waals surface area (Å²) in [7, 11) is 1.23. The molecule has 1 N–H and O–H groups in total. The number of rotatable bonds is 4. The van der Waals surface area contributed by atoms with Gasteiger partial charge in [0.1, 0.15) is 6.04 Å². The topological polar surface area (TPSA) is 95.5 Å². The molecule has 1 aromatic heterocycles. The van der Waals surface area contributed by atoms with Crippen LogP contribution in [0.1, 0.15) is 19.0 Å². The molecular formula is C18H19N3O5. The van der Waals surface area contributed by atoms with Crippen LogP contribution < -0.4 is 11.4 Å². The highest BCUT2D eigenvalue weighted by molar-refractivity contribution is 5.81. The second kappa shape index (κ2) is 7.01. The summed E-state index contributed by atoms with van der Waals surface area (Å²) in [4.78, 5) is 37.0. The quantitative estimate of drug-likeness (QED) is 0.490. The van der Waals surface area contributed by atoms with Crippen LogP contribution in [0.15, 0.2) is 64.2 Å². The van der Waals surface area contributed by atoms with Crippen LogP contribution in [-0.2, 0) is 9.53 Å². The predicted molar refractivity (Wildman–Crippen MR) is 94.3 cm³/mol. The molecule has 1 aliphatic heterocycles. The fourth-order valence-electron chi connectivity index (χ4n) is 2.97. The Morgan fingerprint density at radius 1 is 1.15 bits per heavy atom. The molecule has 3 rings (SSSR count). The smallest absolute Gasteiger partial charge is 0.352 e. The van der Waals surface area contributed by atoms with Gasteiger partial charge in [-0.3, -0.25) is 0 Å². The highest BCUT2D eigenvalue weighted by Gasteiger charge is 2.30. The monoisotopic (exact) mass is 357 g/mol. The van der Waals surface area contributed by atoms with Crippen molar-refractivity contribution in [2.45, 2.75) is 25.1 Å². The molecule has 1 aromatic carbocycles. The number of aliphatic hydroxyl groups excluding tert-OH is 1. The Balaban J connectivity index is 2.12. The first-order valence-corrected chi connectivity index (χ1v) is 8.09. The molecule has 2 aromatic rings. The normalized spacial score (nSPS) is 20.1. The highest BCUT2D eigenvalue weighted by atomic mass is 16.5. The number of carbonyl (C=O) groups excluding carboxylic acids is 1. The second-order valence-corrected chi connectivity index (χ2v) is 5.91. The fourth-order valence-corrected chi connectivity index (χ4v) is 2.97. The van der Waals surface area contributed by atoms with Crippen molar-refractivity contribution in [3.8, 4) is 5.69 Å². The molecule has 0 bridgehead atoms. The molecule has 1 aliphatic rings. The van der Waals surface area contributed by atoms with E-state index >= 15 is 0 Å². The SMILES string of the molecule is COC(=O)C=CC(O)C1C=CC(C)n2c(=O)n(-c3ccccc3)c(=O)n21. The lowest BCUT2D eigenvalue weighted by Crippen LogP contribution is -2.38. The Labute approximate surface area is 148 Å². The molecule has 8 nitrogen and oxygen atoms in total. The average Bonchev–Trinajstić information content (AvgIpc) is 2.92. The zero-order valence-electron chi connectivity index (χ0n) is 14.4. The third-order valence-electron chi connectivity index (χ3n) is 4.26. The summed E-state index contributed by atoms with van der Waals surface area (Å²) in [5.41, 5.74) is -0.609. The van der Waals surface area contributed by atoms with Gasteiger partial charge in [0.15, 0.2) is 0 Å². The number of methoxy groups -OCH3 is 1. The van der Waals surface area contributed by atoms with Crippen LogP contribution in [0.2, 0.25) is 0 Å². The van der Waals surface area contributed by atoms with Gasteiger partial charge in [0, 0.05) is 6.08 Å². The Morgan fingerprint density at radius 2 is 1.81 bits per heavy atom.